The summed E-state index contributed by atoms with van der Waals surface area (Å²) in [6.07, 6.45) is 3.86. The fourth-order valence-electron chi connectivity index (χ4n) is 5.01. The summed E-state index contributed by atoms with van der Waals surface area (Å²) in [5.74, 6) is -1.67. The van der Waals surface area contributed by atoms with Crippen molar-refractivity contribution in [1.82, 2.24) is 4.98 Å². The van der Waals surface area contributed by atoms with Crippen molar-refractivity contribution >= 4 is 22.7 Å². The second-order valence-corrected chi connectivity index (χ2v) is 11.0. The fraction of sp³-hybridized carbons (Fsp3) is 0.516. The maximum atomic E-state index is 13.5. The van der Waals surface area contributed by atoms with E-state index in [-0.39, 0.29) is 18.1 Å². The van der Waals surface area contributed by atoms with Gasteiger partial charge in [0.25, 0.3) is 0 Å². The first-order valence-electron chi connectivity index (χ1n) is 13.3. The Hall–Kier alpha value is -2.83. The van der Waals surface area contributed by atoms with Crippen molar-refractivity contribution < 1.29 is 24.5 Å². The number of hydrogen-bond donors (Lipinski definition) is 2. The van der Waals surface area contributed by atoms with Crippen LogP contribution in [-0.2, 0) is 14.3 Å². The topological polar surface area (TPSA) is 96.7 Å². The van der Waals surface area contributed by atoms with Crippen LogP contribution in [0.25, 0.3) is 10.9 Å². The number of hydrogen-bond acceptors (Lipinski definition) is 6. The van der Waals surface area contributed by atoms with E-state index in [1.165, 1.54) is 0 Å². The third-order valence-electron chi connectivity index (χ3n) is 7.72. The second-order valence-electron chi connectivity index (χ2n) is 11.0. The number of cyclic esters (lactones) is 1. The molecule has 1 aliphatic heterocycles. The van der Waals surface area contributed by atoms with E-state index >= 15 is 0 Å². The molecule has 200 valence electrons. The van der Waals surface area contributed by atoms with Crippen LogP contribution in [0.4, 0.5) is 0 Å². The average Bonchev–Trinajstić information content (AvgIpc) is 2.87. The third kappa shape index (κ3) is 7.14. The van der Waals surface area contributed by atoms with Gasteiger partial charge >= 0.3 is 5.97 Å². The van der Waals surface area contributed by atoms with Crippen LogP contribution in [0.15, 0.2) is 60.7 Å². The number of aliphatic hydroxyl groups excluding tert-OH is 2. The molecule has 3 rings (SSSR count). The Morgan fingerprint density at radius 2 is 1.89 bits per heavy atom. The van der Waals surface area contributed by atoms with Crippen LogP contribution >= 0.6 is 0 Å². The summed E-state index contributed by atoms with van der Waals surface area (Å²) < 4.78 is 5.86. The highest BCUT2D eigenvalue weighted by atomic mass is 16.5. The standard InChI is InChI=1S/C31H41NO5/c1-6-10-23-29(35)21(3)12-9-11-20(2)15-18-26(25-17-16-22-13-7-8-14-24(22)32-25)37-28(34)19-27(33)31(4,5)30(23)36/h6-8,13-17,21,23,26-27,29,33,35H,1,9-12,18-19H2,2-5H3/b20-15-/t21-,23-,26+,27-,29+/m1/s1. The lowest BCUT2D eigenvalue weighted by atomic mass is 9.71. The van der Waals surface area contributed by atoms with Gasteiger partial charge in [-0.3, -0.25) is 9.59 Å². The van der Waals surface area contributed by atoms with Crippen molar-refractivity contribution in [3.63, 3.8) is 0 Å². The molecular formula is C31H41NO5. The predicted octanol–water partition coefficient (Wildman–Crippen LogP) is 5.88. The number of nitrogens with zero attached hydrogens (tertiary/aromatic N) is 1. The molecule has 37 heavy (non-hydrogen) atoms. The SMILES string of the molecule is C=CC[C@H]1C(=O)C(C)(C)[C@H](O)CC(=O)O[C@H](c2ccc3ccccc3n2)C/C=C(/C)CCC[C@@H](C)[C@@H]1O. The van der Waals surface area contributed by atoms with E-state index in [4.69, 9.17) is 9.72 Å². The van der Waals surface area contributed by atoms with Crippen molar-refractivity contribution in [2.75, 3.05) is 0 Å². The minimum Gasteiger partial charge on any atom is -0.455 e. The number of fused-ring (bicyclic) bond motifs is 1. The molecule has 0 radical (unpaired) electrons. The highest BCUT2D eigenvalue weighted by molar-refractivity contribution is 5.88. The van der Waals surface area contributed by atoms with Gasteiger partial charge < -0.3 is 14.9 Å². The number of carbonyl (C=O) groups is 2. The molecular weight excluding hydrogens is 466 g/mol. The van der Waals surface area contributed by atoms with E-state index in [0.29, 0.717) is 18.5 Å². The number of Topliss-reactive ketones (excluding diaryl/α,β-unsaturated/α-hetero) is 1. The largest absolute Gasteiger partial charge is 0.455 e. The molecule has 1 aliphatic rings. The maximum Gasteiger partial charge on any atom is 0.309 e. The number of benzene rings is 1. The average molecular weight is 508 g/mol. The summed E-state index contributed by atoms with van der Waals surface area (Å²) in [5, 5.41) is 23.1. The predicted molar refractivity (Wildman–Crippen MR) is 146 cm³/mol. The van der Waals surface area contributed by atoms with Crippen LogP contribution in [0.3, 0.4) is 0 Å². The Labute approximate surface area is 220 Å². The zero-order valence-electron chi connectivity index (χ0n) is 22.5. The van der Waals surface area contributed by atoms with Crippen LogP contribution in [-0.4, -0.2) is 39.2 Å². The number of carbonyl (C=O) groups excluding carboxylic acids is 2. The Morgan fingerprint density at radius 1 is 1.16 bits per heavy atom. The summed E-state index contributed by atoms with van der Waals surface area (Å²) in [4.78, 5) is 31.3. The lowest BCUT2D eigenvalue weighted by Gasteiger charge is -2.35. The summed E-state index contributed by atoms with van der Waals surface area (Å²) >= 11 is 0. The molecule has 0 spiro atoms. The Kier molecular flexibility index (Phi) is 9.80. The fourth-order valence-corrected chi connectivity index (χ4v) is 5.01. The van der Waals surface area contributed by atoms with Gasteiger partial charge in [-0.25, -0.2) is 4.98 Å². The molecule has 0 amide bonds. The van der Waals surface area contributed by atoms with Gasteiger partial charge in [-0.2, -0.15) is 0 Å². The lowest BCUT2D eigenvalue weighted by molar-refractivity contribution is -0.156. The quantitative estimate of drug-likeness (QED) is 0.398. The maximum absolute atomic E-state index is 13.5. The number of aliphatic hydroxyl groups is 2. The number of rotatable bonds is 3. The van der Waals surface area contributed by atoms with E-state index in [0.717, 1.165) is 35.7 Å². The molecule has 2 heterocycles. The molecule has 0 saturated carbocycles. The monoisotopic (exact) mass is 507 g/mol. The molecule has 6 nitrogen and oxygen atoms in total. The van der Waals surface area contributed by atoms with E-state index in [1.54, 1.807) is 19.9 Å². The molecule has 1 aromatic heterocycles. The number of para-hydroxylation sites is 1. The minimum atomic E-state index is -1.27. The first-order valence-corrected chi connectivity index (χ1v) is 13.3. The molecule has 0 fully saturated rings. The van der Waals surface area contributed by atoms with Gasteiger partial charge in [0.15, 0.2) is 0 Å². The van der Waals surface area contributed by atoms with Gasteiger partial charge in [0.1, 0.15) is 11.9 Å². The number of allylic oxidation sites excluding steroid dienone is 2. The van der Waals surface area contributed by atoms with Crippen molar-refractivity contribution in [2.24, 2.45) is 17.3 Å². The number of esters is 1. The van der Waals surface area contributed by atoms with Crippen LogP contribution < -0.4 is 0 Å². The van der Waals surface area contributed by atoms with Crippen LogP contribution in [0.5, 0.6) is 0 Å². The lowest BCUT2D eigenvalue weighted by Crippen LogP contribution is -2.46. The smallest absolute Gasteiger partial charge is 0.309 e. The van der Waals surface area contributed by atoms with Gasteiger partial charge in [-0.05, 0) is 50.7 Å². The number of pyridine rings is 1. The Morgan fingerprint density at radius 3 is 2.62 bits per heavy atom. The van der Waals surface area contributed by atoms with Crippen molar-refractivity contribution in [3.05, 3.63) is 66.4 Å². The molecule has 0 unspecified atom stereocenters. The Balaban J connectivity index is 1.93. The number of ketones is 1. The van der Waals surface area contributed by atoms with Gasteiger partial charge in [-0.15, -0.1) is 6.58 Å². The molecule has 5 atom stereocenters. The zero-order valence-corrected chi connectivity index (χ0v) is 22.5. The summed E-state index contributed by atoms with van der Waals surface area (Å²) in [6.45, 7) is 11.0. The van der Waals surface area contributed by atoms with E-state index in [9.17, 15) is 19.8 Å². The van der Waals surface area contributed by atoms with E-state index in [2.05, 4.69) is 12.7 Å². The van der Waals surface area contributed by atoms with Crippen LogP contribution in [0, 0.1) is 17.3 Å². The second kappa shape index (κ2) is 12.6. The summed E-state index contributed by atoms with van der Waals surface area (Å²) in [7, 11) is 0. The molecule has 0 saturated heterocycles. The number of ether oxygens (including phenoxy) is 1. The van der Waals surface area contributed by atoms with Crippen molar-refractivity contribution in [3.8, 4) is 0 Å². The van der Waals surface area contributed by atoms with Crippen molar-refractivity contribution in [1.29, 1.82) is 0 Å². The molecule has 6 heteroatoms. The van der Waals surface area contributed by atoms with Crippen molar-refractivity contribution in [2.45, 2.75) is 84.5 Å². The van der Waals surface area contributed by atoms with Gasteiger partial charge in [-0.1, -0.05) is 62.8 Å². The normalized spacial score (nSPS) is 29.8. The van der Waals surface area contributed by atoms with Gasteiger partial charge in [0, 0.05) is 17.7 Å². The van der Waals surface area contributed by atoms with Gasteiger partial charge in [0.05, 0.1) is 35.3 Å². The molecule has 2 N–H and O–H groups in total. The van der Waals surface area contributed by atoms with E-state index in [1.807, 2.05) is 50.2 Å². The third-order valence-corrected chi connectivity index (χ3v) is 7.72. The molecule has 0 aliphatic carbocycles. The summed E-state index contributed by atoms with van der Waals surface area (Å²) in [6, 6.07) is 11.6. The minimum absolute atomic E-state index is 0.0953. The zero-order chi connectivity index (χ0) is 27.2. The highest BCUT2D eigenvalue weighted by Gasteiger charge is 2.43. The van der Waals surface area contributed by atoms with Crippen LogP contribution in [0.1, 0.15) is 78.0 Å². The first-order chi connectivity index (χ1) is 17.5. The first kappa shape index (κ1) is 28.7. The molecule has 0 bridgehead atoms. The highest BCUT2D eigenvalue weighted by Crippen LogP contribution is 2.34. The van der Waals surface area contributed by atoms with Gasteiger partial charge in [0.2, 0.25) is 0 Å². The Bertz CT molecular complexity index is 1140. The van der Waals surface area contributed by atoms with E-state index < -0.39 is 35.6 Å². The molecule has 1 aromatic carbocycles. The summed E-state index contributed by atoms with van der Waals surface area (Å²) in [5.41, 5.74) is 1.37. The van der Waals surface area contributed by atoms with Crippen LogP contribution in [0.2, 0.25) is 0 Å². The number of aromatic nitrogens is 1. The molecule has 2 aromatic rings.